The number of anilines is 2. The molecule has 1 atom stereocenters. The van der Waals surface area contributed by atoms with Crippen LogP contribution in [0.4, 0.5) is 15.8 Å². The van der Waals surface area contributed by atoms with Crippen molar-refractivity contribution >= 4 is 29.1 Å². The molecule has 0 heterocycles. The Morgan fingerprint density at radius 1 is 1.61 bits per heavy atom. The fourth-order valence-electron chi connectivity index (χ4n) is 1.60. The highest BCUT2D eigenvalue weighted by Crippen LogP contribution is 2.25. The number of nitrogens with one attached hydrogen (secondary N) is 1. The Kier molecular flexibility index (Phi) is 5.27. The molecule has 0 aliphatic heterocycles. The number of hydrogen-bond donors (Lipinski definition) is 3. The van der Waals surface area contributed by atoms with E-state index in [0.29, 0.717) is 18.2 Å². The predicted molar refractivity (Wildman–Crippen MR) is 73.8 cm³/mol. The van der Waals surface area contributed by atoms with Gasteiger partial charge in [-0.25, -0.2) is 9.18 Å². The topological polar surface area (TPSA) is 75.3 Å². The van der Waals surface area contributed by atoms with E-state index in [-0.39, 0.29) is 11.3 Å². The minimum atomic E-state index is -1.23. The Balaban J connectivity index is 2.89. The van der Waals surface area contributed by atoms with Crippen molar-refractivity contribution in [3.05, 3.63) is 23.5 Å². The lowest BCUT2D eigenvalue weighted by molar-refractivity contribution is 0.0698. The van der Waals surface area contributed by atoms with Crippen molar-refractivity contribution in [1.29, 1.82) is 0 Å². The molecule has 6 heteroatoms. The molecule has 1 aromatic rings. The lowest BCUT2D eigenvalue weighted by atomic mass is 10.1. The maximum atomic E-state index is 13.2. The summed E-state index contributed by atoms with van der Waals surface area (Å²) >= 11 is 1.72. The Morgan fingerprint density at radius 3 is 2.83 bits per heavy atom. The molecular weight excluding hydrogens is 255 g/mol. The van der Waals surface area contributed by atoms with E-state index in [0.717, 1.165) is 5.75 Å². The molecule has 1 aromatic carbocycles. The van der Waals surface area contributed by atoms with Gasteiger partial charge < -0.3 is 16.2 Å². The summed E-state index contributed by atoms with van der Waals surface area (Å²) in [5.41, 5.74) is 5.27. The number of halogens is 1. The van der Waals surface area contributed by atoms with E-state index in [2.05, 4.69) is 12.2 Å². The van der Waals surface area contributed by atoms with E-state index in [1.54, 1.807) is 11.8 Å². The average molecular weight is 272 g/mol. The van der Waals surface area contributed by atoms with Gasteiger partial charge in [0.05, 0.1) is 11.4 Å². The van der Waals surface area contributed by atoms with Gasteiger partial charge in [-0.1, -0.05) is 6.92 Å². The number of carboxylic acid groups (broad SMARTS) is 1. The predicted octanol–water partition coefficient (Wildman–Crippen LogP) is 2.52. The average Bonchev–Trinajstić information content (AvgIpc) is 2.30. The summed E-state index contributed by atoms with van der Waals surface area (Å²) in [5.74, 6) is -0.596. The van der Waals surface area contributed by atoms with Gasteiger partial charge in [0.1, 0.15) is 11.4 Å². The summed E-state index contributed by atoms with van der Waals surface area (Å²) in [6, 6.07) is 2.57. The first-order valence-corrected chi connectivity index (χ1v) is 6.90. The number of aromatic carboxylic acids is 1. The van der Waals surface area contributed by atoms with Gasteiger partial charge in [-0.2, -0.15) is 11.8 Å². The Hall–Kier alpha value is -1.43. The Labute approximate surface area is 110 Å². The molecule has 0 radical (unpaired) electrons. The van der Waals surface area contributed by atoms with Crippen molar-refractivity contribution in [2.24, 2.45) is 5.92 Å². The van der Waals surface area contributed by atoms with E-state index < -0.39 is 11.8 Å². The zero-order chi connectivity index (χ0) is 13.7. The second-order valence-electron chi connectivity index (χ2n) is 4.13. The van der Waals surface area contributed by atoms with E-state index in [4.69, 9.17) is 10.8 Å². The lowest BCUT2D eigenvalue weighted by Gasteiger charge is -2.15. The molecule has 4 nitrogen and oxygen atoms in total. The third-order valence-corrected chi connectivity index (χ3v) is 3.40. The molecule has 0 saturated carbocycles. The van der Waals surface area contributed by atoms with Crippen LogP contribution >= 0.6 is 11.8 Å². The molecule has 0 fully saturated rings. The molecule has 0 saturated heterocycles. The largest absolute Gasteiger partial charge is 0.478 e. The van der Waals surface area contributed by atoms with Gasteiger partial charge in [0, 0.05) is 6.54 Å². The van der Waals surface area contributed by atoms with Crippen molar-refractivity contribution in [3.8, 4) is 0 Å². The van der Waals surface area contributed by atoms with Crippen LogP contribution in [0.1, 0.15) is 17.3 Å². The number of nitrogens with two attached hydrogens (primary N) is 1. The number of benzene rings is 1. The summed E-state index contributed by atoms with van der Waals surface area (Å²) < 4.78 is 13.2. The molecule has 0 bridgehead atoms. The molecule has 0 amide bonds. The molecule has 0 aliphatic rings. The lowest BCUT2D eigenvalue weighted by Crippen LogP contribution is -2.16. The van der Waals surface area contributed by atoms with Crippen molar-refractivity contribution < 1.29 is 14.3 Å². The summed E-state index contributed by atoms with van der Waals surface area (Å²) in [6.45, 7) is 2.67. The number of thioether (sulfide) groups is 1. The molecule has 4 N–H and O–H groups in total. The highest BCUT2D eigenvalue weighted by atomic mass is 32.2. The molecule has 18 heavy (non-hydrogen) atoms. The van der Waals surface area contributed by atoms with Crippen LogP contribution in [0, 0.1) is 11.7 Å². The summed E-state index contributed by atoms with van der Waals surface area (Å²) in [6.07, 6.45) is 2.01. The molecule has 1 rings (SSSR count). The zero-order valence-corrected chi connectivity index (χ0v) is 11.2. The number of nitrogen functional groups attached to an aromatic ring is 1. The second-order valence-corrected chi connectivity index (χ2v) is 5.04. The van der Waals surface area contributed by atoms with E-state index in [1.807, 2.05) is 6.26 Å². The standard InChI is InChI=1S/C12H17FN2O2S/c1-7(6-18-2)5-15-9-4-3-8(13)11(14)10(9)12(16)17/h3-4,7,15H,5-6,14H2,1-2H3,(H,16,17). The van der Waals surface area contributed by atoms with Gasteiger partial charge in [0.25, 0.3) is 0 Å². The molecule has 100 valence electrons. The molecule has 0 spiro atoms. The second kappa shape index (κ2) is 6.49. The number of carbonyl (C=O) groups is 1. The van der Waals surface area contributed by atoms with Crippen LogP contribution in [0.25, 0.3) is 0 Å². The van der Waals surface area contributed by atoms with Crippen LogP contribution in [0.2, 0.25) is 0 Å². The molecule has 0 aromatic heterocycles. The fraction of sp³-hybridized carbons (Fsp3) is 0.417. The summed E-state index contributed by atoms with van der Waals surface area (Å²) in [4.78, 5) is 11.1. The highest BCUT2D eigenvalue weighted by molar-refractivity contribution is 7.98. The highest BCUT2D eigenvalue weighted by Gasteiger charge is 2.17. The maximum Gasteiger partial charge on any atom is 0.340 e. The van der Waals surface area contributed by atoms with Crippen molar-refractivity contribution in [2.75, 3.05) is 29.6 Å². The minimum absolute atomic E-state index is 0.202. The van der Waals surface area contributed by atoms with Crippen molar-refractivity contribution in [3.63, 3.8) is 0 Å². The van der Waals surface area contributed by atoms with Crippen LogP contribution in [0.3, 0.4) is 0 Å². The first-order chi connectivity index (χ1) is 8.47. The zero-order valence-electron chi connectivity index (χ0n) is 10.4. The van der Waals surface area contributed by atoms with Gasteiger partial charge >= 0.3 is 5.97 Å². The smallest absolute Gasteiger partial charge is 0.340 e. The van der Waals surface area contributed by atoms with Crippen LogP contribution in [-0.4, -0.2) is 29.6 Å². The van der Waals surface area contributed by atoms with Crippen LogP contribution in [0.15, 0.2) is 12.1 Å². The van der Waals surface area contributed by atoms with E-state index in [1.165, 1.54) is 12.1 Å². The van der Waals surface area contributed by atoms with Gasteiger partial charge in [0.15, 0.2) is 0 Å². The van der Waals surface area contributed by atoms with Crippen molar-refractivity contribution in [1.82, 2.24) is 0 Å². The number of rotatable bonds is 6. The van der Waals surface area contributed by atoms with E-state index in [9.17, 15) is 9.18 Å². The van der Waals surface area contributed by atoms with Gasteiger partial charge in [-0.15, -0.1) is 0 Å². The minimum Gasteiger partial charge on any atom is -0.478 e. The summed E-state index contributed by atoms with van der Waals surface area (Å²) in [7, 11) is 0. The molecule has 0 aliphatic carbocycles. The SMILES string of the molecule is CSCC(C)CNc1ccc(F)c(N)c1C(=O)O. The van der Waals surface area contributed by atoms with Gasteiger partial charge in [-0.05, 0) is 30.1 Å². The Bertz CT molecular complexity index is 440. The first-order valence-electron chi connectivity index (χ1n) is 5.51. The Morgan fingerprint density at radius 2 is 2.28 bits per heavy atom. The first kappa shape index (κ1) is 14.6. The van der Waals surface area contributed by atoms with Crippen LogP contribution < -0.4 is 11.1 Å². The maximum absolute atomic E-state index is 13.2. The third kappa shape index (κ3) is 3.53. The van der Waals surface area contributed by atoms with Crippen LogP contribution in [0.5, 0.6) is 0 Å². The molecular formula is C12H17FN2O2S. The normalized spacial score (nSPS) is 12.2. The monoisotopic (exact) mass is 272 g/mol. The van der Waals surface area contributed by atoms with Crippen molar-refractivity contribution in [2.45, 2.75) is 6.92 Å². The summed E-state index contributed by atoms with van der Waals surface area (Å²) in [5, 5.41) is 12.1. The molecule has 1 unspecified atom stereocenters. The van der Waals surface area contributed by atoms with Gasteiger partial charge in [0.2, 0.25) is 0 Å². The van der Waals surface area contributed by atoms with E-state index >= 15 is 0 Å². The number of hydrogen-bond acceptors (Lipinski definition) is 4. The quantitative estimate of drug-likeness (QED) is 0.694. The third-order valence-electron chi connectivity index (χ3n) is 2.50. The van der Waals surface area contributed by atoms with Gasteiger partial charge in [-0.3, -0.25) is 0 Å². The fourth-order valence-corrected chi connectivity index (χ4v) is 2.29. The van der Waals surface area contributed by atoms with Crippen LogP contribution in [-0.2, 0) is 0 Å². The number of carboxylic acids is 1.